The lowest BCUT2D eigenvalue weighted by Crippen LogP contribution is -2.28. The summed E-state index contributed by atoms with van der Waals surface area (Å²) in [6.07, 6.45) is 1.66. The minimum atomic E-state index is -3.63. The van der Waals surface area contributed by atoms with Gasteiger partial charge in [0.25, 0.3) is 0 Å². The van der Waals surface area contributed by atoms with Gasteiger partial charge < -0.3 is 9.47 Å². The zero-order valence-electron chi connectivity index (χ0n) is 15.5. The van der Waals surface area contributed by atoms with Crippen molar-refractivity contribution < 1.29 is 27.5 Å². The van der Waals surface area contributed by atoms with Crippen LogP contribution in [0.15, 0.2) is 53.4 Å². The van der Waals surface area contributed by atoms with Gasteiger partial charge in [-0.25, -0.2) is 13.2 Å². The van der Waals surface area contributed by atoms with E-state index in [1.54, 1.807) is 24.3 Å². The Hall–Kier alpha value is -2.71. The van der Waals surface area contributed by atoms with Gasteiger partial charge in [-0.15, -0.1) is 0 Å². The SMILES string of the molecule is COc1ccc(C(=O)COC(=O)c2cccc(S(=O)(=O)N3CCCC3)c2)cc1. The Morgan fingerprint density at radius 1 is 1.00 bits per heavy atom. The first kappa shape index (κ1) is 20.0. The van der Waals surface area contributed by atoms with Gasteiger partial charge in [-0.1, -0.05) is 6.07 Å². The van der Waals surface area contributed by atoms with Gasteiger partial charge in [-0.2, -0.15) is 4.31 Å². The second-order valence-electron chi connectivity index (χ2n) is 6.37. The molecule has 0 amide bonds. The first-order valence-electron chi connectivity index (χ1n) is 8.86. The lowest BCUT2D eigenvalue weighted by Gasteiger charge is -2.15. The summed E-state index contributed by atoms with van der Waals surface area (Å²) < 4.78 is 36.7. The Morgan fingerprint density at radius 3 is 2.32 bits per heavy atom. The summed E-state index contributed by atoms with van der Waals surface area (Å²) in [7, 11) is -2.10. The van der Waals surface area contributed by atoms with Crippen molar-refractivity contribution in [1.82, 2.24) is 4.31 Å². The van der Waals surface area contributed by atoms with Crippen LogP contribution in [-0.2, 0) is 14.8 Å². The van der Waals surface area contributed by atoms with Crippen molar-refractivity contribution in [3.8, 4) is 5.75 Å². The maximum atomic E-state index is 12.6. The Balaban J connectivity index is 1.66. The molecule has 1 aliphatic heterocycles. The summed E-state index contributed by atoms with van der Waals surface area (Å²) >= 11 is 0. The standard InChI is InChI=1S/C20H21NO6S/c1-26-17-9-7-15(8-10-17)19(22)14-27-20(23)16-5-4-6-18(13-16)28(24,25)21-11-2-3-12-21/h4-10,13H,2-3,11-12,14H2,1H3. The fourth-order valence-corrected chi connectivity index (χ4v) is 4.50. The third-order valence-electron chi connectivity index (χ3n) is 4.52. The molecular formula is C20H21NO6S. The Morgan fingerprint density at radius 2 is 1.68 bits per heavy atom. The van der Waals surface area contributed by atoms with E-state index in [2.05, 4.69) is 0 Å². The fraction of sp³-hybridized carbons (Fsp3) is 0.300. The number of rotatable bonds is 7. The predicted molar refractivity (Wildman–Crippen MR) is 102 cm³/mol. The molecule has 2 aromatic carbocycles. The normalized spacial score (nSPS) is 14.6. The largest absolute Gasteiger partial charge is 0.497 e. The summed E-state index contributed by atoms with van der Waals surface area (Å²) in [5.74, 6) is -0.498. The molecule has 2 aromatic rings. The molecule has 0 aromatic heterocycles. The van der Waals surface area contributed by atoms with Crippen molar-refractivity contribution in [3.05, 3.63) is 59.7 Å². The summed E-state index contributed by atoms with van der Waals surface area (Å²) in [4.78, 5) is 24.5. The molecule has 3 rings (SSSR count). The molecule has 1 fully saturated rings. The van der Waals surface area contributed by atoms with Crippen molar-refractivity contribution in [2.24, 2.45) is 0 Å². The summed E-state index contributed by atoms with van der Waals surface area (Å²) in [6, 6.07) is 12.1. The lowest BCUT2D eigenvalue weighted by molar-refractivity contribution is 0.0474. The highest BCUT2D eigenvalue weighted by atomic mass is 32.2. The fourth-order valence-electron chi connectivity index (χ4n) is 2.94. The van der Waals surface area contributed by atoms with E-state index >= 15 is 0 Å². The van der Waals surface area contributed by atoms with Crippen LogP contribution >= 0.6 is 0 Å². The molecule has 0 unspecified atom stereocenters. The van der Waals surface area contributed by atoms with Crippen LogP contribution in [0, 0.1) is 0 Å². The van der Waals surface area contributed by atoms with E-state index in [9.17, 15) is 18.0 Å². The molecular weight excluding hydrogens is 382 g/mol. The topological polar surface area (TPSA) is 90.0 Å². The molecule has 8 heteroatoms. The molecule has 7 nitrogen and oxygen atoms in total. The van der Waals surface area contributed by atoms with E-state index in [-0.39, 0.29) is 16.2 Å². The summed E-state index contributed by atoms with van der Waals surface area (Å²) in [6.45, 7) is 0.523. The average Bonchev–Trinajstić information content (AvgIpc) is 3.27. The number of carbonyl (C=O) groups excluding carboxylic acids is 2. The Kier molecular flexibility index (Phi) is 6.11. The Bertz CT molecular complexity index is 962. The molecule has 148 valence electrons. The molecule has 28 heavy (non-hydrogen) atoms. The van der Waals surface area contributed by atoms with Crippen LogP contribution in [0.25, 0.3) is 0 Å². The summed E-state index contributed by atoms with van der Waals surface area (Å²) in [5, 5.41) is 0. The number of sulfonamides is 1. The quantitative estimate of drug-likeness (QED) is 0.521. The van der Waals surface area contributed by atoms with Gasteiger partial charge in [0.2, 0.25) is 10.0 Å². The highest BCUT2D eigenvalue weighted by Gasteiger charge is 2.27. The zero-order valence-corrected chi connectivity index (χ0v) is 16.3. The number of hydrogen-bond acceptors (Lipinski definition) is 6. The molecule has 0 atom stereocenters. The van der Waals surface area contributed by atoms with Crippen molar-refractivity contribution in [1.29, 1.82) is 0 Å². The number of esters is 1. The number of Topliss-reactive ketones (excluding diaryl/α,β-unsaturated/α-hetero) is 1. The van der Waals surface area contributed by atoms with E-state index in [4.69, 9.17) is 9.47 Å². The van der Waals surface area contributed by atoms with E-state index in [0.717, 1.165) is 12.8 Å². The van der Waals surface area contributed by atoms with Gasteiger partial charge in [0.15, 0.2) is 12.4 Å². The van der Waals surface area contributed by atoms with Crippen molar-refractivity contribution in [2.45, 2.75) is 17.7 Å². The highest BCUT2D eigenvalue weighted by Crippen LogP contribution is 2.22. The van der Waals surface area contributed by atoms with Gasteiger partial charge >= 0.3 is 5.97 Å². The maximum Gasteiger partial charge on any atom is 0.338 e. The van der Waals surface area contributed by atoms with E-state index < -0.39 is 22.6 Å². The molecule has 1 heterocycles. The van der Waals surface area contributed by atoms with Gasteiger partial charge in [0, 0.05) is 18.7 Å². The zero-order chi connectivity index (χ0) is 20.1. The number of carbonyl (C=O) groups is 2. The lowest BCUT2D eigenvalue weighted by atomic mass is 10.1. The second-order valence-corrected chi connectivity index (χ2v) is 8.30. The molecule has 0 saturated carbocycles. The predicted octanol–water partition coefficient (Wildman–Crippen LogP) is 2.52. The van der Waals surface area contributed by atoms with E-state index in [0.29, 0.717) is 24.4 Å². The van der Waals surface area contributed by atoms with Gasteiger partial charge in [-0.05, 0) is 55.3 Å². The highest BCUT2D eigenvalue weighted by molar-refractivity contribution is 7.89. The van der Waals surface area contributed by atoms with E-state index in [1.807, 2.05) is 0 Å². The third kappa shape index (κ3) is 4.40. The van der Waals surface area contributed by atoms with Crippen LogP contribution in [0.4, 0.5) is 0 Å². The van der Waals surface area contributed by atoms with E-state index in [1.165, 1.54) is 35.7 Å². The van der Waals surface area contributed by atoms with Crippen molar-refractivity contribution in [2.75, 3.05) is 26.8 Å². The van der Waals surface area contributed by atoms with Crippen molar-refractivity contribution in [3.63, 3.8) is 0 Å². The number of ketones is 1. The number of methoxy groups -OCH3 is 1. The van der Waals surface area contributed by atoms with Crippen LogP contribution in [0.1, 0.15) is 33.6 Å². The van der Waals surface area contributed by atoms with Crippen molar-refractivity contribution >= 4 is 21.8 Å². The Labute approximate surface area is 163 Å². The maximum absolute atomic E-state index is 12.6. The number of hydrogen-bond donors (Lipinski definition) is 0. The smallest absolute Gasteiger partial charge is 0.338 e. The van der Waals surface area contributed by atoms with Crippen LogP contribution in [0.2, 0.25) is 0 Å². The van der Waals surface area contributed by atoms with Crippen LogP contribution in [-0.4, -0.2) is 51.3 Å². The summed E-state index contributed by atoms with van der Waals surface area (Å²) in [5.41, 5.74) is 0.474. The molecule has 0 spiro atoms. The minimum Gasteiger partial charge on any atom is -0.497 e. The molecule has 1 saturated heterocycles. The minimum absolute atomic E-state index is 0.0466. The van der Waals surface area contributed by atoms with Gasteiger partial charge in [0.05, 0.1) is 17.6 Å². The molecule has 0 bridgehead atoms. The molecule has 1 aliphatic rings. The number of nitrogens with zero attached hydrogens (tertiary/aromatic N) is 1. The monoisotopic (exact) mass is 403 g/mol. The third-order valence-corrected chi connectivity index (χ3v) is 6.41. The first-order chi connectivity index (χ1) is 13.4. The van der Waals surface area contributed by atoms with Gasteiger partial charge in [-0.3, -0.25) is 4.79 Å². The second kappa shape index (κ2) is 8.53. The molecule has 0 aliphatic carbocycles. The first-order valence-corrected chi connectivity index (χ1v) is 10.3. The van der Waals surface area contributed by atoms with Gasteiger partial charge in [0.1, 0.15) is 5.75 Å². The van der Waals surface area contributed by atoms with Crippen LogP contribution < -0.4 is 4.74 Å². The number of ether oxygens (including phenoxy) is 2. The number of benzene rings is 2. The van der Waals surface area contributed by atoms with Crippen LogP contribution in [0.5, 0.6) is 5.75 Å². The molecule has 0 radical (unpaired) electrons. The van der Waals surface area contributed by atoms with Crippen LogP contribution in [0.3, 0.4) is 0 Å². The average molecular weight is 403 g/mol. The molecule has 0 N–H and O–H groups in total.